The Morgan fingerprint density at radius 2 is 2.30 bits per heavy atom. The smallest absolute Gasteiger partial charge is 0.0546 e. The number of rotatable bonds is 7. The van der Waals surface area contributed by atoms with Crippen molar-refractivity contribution in [1.29, 1.82) is 0 Å². The van der Waals surface area contributed by atoms with Crippen molar-refractivity contribution in [3.63, 3.8) is 0 Å². The summed E-state index contributed by atoms with van der Waals surface area (Å²) in [4.78, 5) is 2.70. The molecule has 2 heterocycles. The van der Waals surface area contributed by atoms with E-state index < -0.39 is 0 Å². The highest BCUT2D eigenvalue weighted by atomic mass is 32.2. The molecule has 2 saturated heterocycles. The molecule has 2 fully saturated rings. The van der Waals surface area contributed by atoms with Crippen LogP contribution >= 0.6 is 11.8 Å². The molecular weight excluding hydrogens is 268 g/mol. The highest BCUT2D eigenvalue weighted by Crippen LogP contribution is 2.31. The second-order valence-electron chi connectivity index (χ2n) is 6.47. The van der Waals surface area contributed by atoms with Gasteiger partial charge in [-0.25, -0.2) is 0 Å². The van der Waals surface area contributed by atoms with Gasteiger partial charge in [-0.2, -0.15) is 11.8 Å². The Labute approximate surface area is 129 Å². The van der Waals surface area contributed by atoms with Crippen LogP contribution in [0.15, 0.2) is 0 Å². The maximum atomic E-state index is 5.84. The van der Waals surface area contributed by atoms with Crippen molar-refractivity contribution < 1.29 is 4.74 Å². The van der Waals surface area contributed by atoms with E-state index in [1.807, 2.05) is 0 Å². The van der Waals surface area contributed by atoms with Crippen molar-refractivity contribution in [1.82, 2.24) is 10.2 Å². The van der Waals surface area contributed by atoms with Crippen LogP contribution in [0, 0.1) is 5.41 Å². The fraction of sp³-hybridized carbons (Fsp3) is 1.00. The van der Waals surface area contributed by atoms with Crippen molar-refractivity contribution in [2.45, 2.75) is 44.8 Å². The van der Waals surface area contributed by atoms with Crippen LogP contribution in [0.1, 0.15) is 39.5 Å². The van der Waals surface area contributed by atoms with E-state index in [0.717, 1.165) is 31.6 Å². The van der Waals surface area contributed by atoms with E-state index in [-0.39, 0.29) is 0 Å². The Bertz CT molecular complexity index is 269. The van der Waals surface area contributed by atoms with E-state index >= 15 is 0 Å². The number of nitrogens with one attached hydrogen (secondary N) is 1. The van der Waals surface area contributed by atoms with Gasteiger partial charge in [0.05, 0.1) is 6.61 Å². The van der Waals surface area contributed by atoms with E-state index in [1.165, 1.54) is 51.1 Å². The molecule has 0 aromatic carbocycles. The van der Waals surface area contributed by atoms with Crippen molar-refractivity contribution in [2.24, 2.45) is 5.41 Å². The third-order valence-electron chi connectivity index (χ3n) is 4.57. The molecule has 20 heavy (non-hydrogen) atoms. The van der Waals surface area contributed by atoms with E-state index in [9.17, 15) is 0 Å². The van der Waals surface area contributed by atoms with Crippen LogP contribution in [-0.2, 0) is 4.74 Å². The summed E-state index contributed by atoms with van der Waals surface area (Å²) in [7, 11) is 0. The van der Waals surface area contributed by atoms with Crippen LogP contribution in [0.5, 0.6) is 0 Å². The second-order valence-corrected chi connectivity index (χ2v) is 7.88. The molecule has 2 aliphatic heterocycles. The van der Waals surface area contributed by atoms with Gasteiger partial charge in [0.25, 0.3) is 0 Å². The second kappa shape index (κ2) is 8.62. The number of ether oxygens (including phenoxy) is 1. The van der Waals surface area contributed by atoms with Crippen molar-refractivity contribution in [3.8, 4) is 0 Å². The van der Waals surface area contributed by atoms with Gasteiger partial charge >= 0.3 is 0 Å². The van der Waals surface area contributed by atoms with E-state index in [0.29, 0.717) is 5.41 Å². The third kappa shape index (κ3) is 4.90. The zero-order valence-corrected chi connectivity index (χ0v) is 14.1. The molecule has 0 amide bonds. The largest absolute Gasteiger partial charge is 0.381 e. The SMILES string of the molecule is CCCNCC1(CN2CCSC(CC)C2)CCCOC1. The van der Waals surface area contributed by atoms with Gasteiger partial charge in [-0.3, -0.25) is 0 Å². The maximum Gasteiger partial charge on any atom is 0.0546 e. The van der Waals surface area contributed by atoms with Crippen molar-refractivity contribution >= 4 is 11.8 Å². The Morgan fingerprint density at radius 1 is 1.40 bits per heavy atom. The quantitative estimate of drug-likeness (QED) is 0.731. The van der Waals surface area contributed by atoms with Crippen molar-refractivity contribution in [2.75, 3.05) is 51.7 Å². The standard InChI is InChI=1S/C16H32N2OS/c1-3-7-17-12-16(6-5-9-19-14-16)13-18-8-10-20-15(4-2)11-18/h15,17H,3-14H2,1-2H3. The Kier molecular flexibility index (Phi) is 7.15. The minimum absolute atomic E-state index is 0.355. The summed E-state index contributed by atoms with van der Waals surface area (Å²) >= 11 is 2.16. The van der Waals surface area contributed by atoms with Gasteiger partial charge < -0.3 is 15.0 Å². The lowest BCUT2D eigenvalue weighted by Gasteiger charge is -2.43. The maximum absolute atomic E-state index is 5.84. The summed E-state index contributed by atoms with van der Waals surface area (Å²) < 4.78 is 5.84. The molecule has 3 nitrogen and oxygen atoms in total. The topological polar surface area (TPSA) is 24.5 Å². The molecule has 118 valence electrons. The summed E-state index contributed by atoms with van der Waals surface area (Å²) in [5.41, 5.74) is 0.355. The predicted molar refractivity (Wildman–Crippen MR) is 88.6 cm³/mol. The molecule has 0 aliphatic carbocycles. The molecule has 0 saturated carbocycles. The summed E-state index contributed by atoms with van der Waals surface area (Å²) in [6.45, 7) is 12.5. The van der Waals surface area contributed by atoms with Crippen molar-refractivity contribution in [3.05, 3.63) is 0 Å². The minimum atomic E-state index is 0.355. The molecular formula is C16H32N2OS. The van der Waals surface area contributed by atoms with E-state index in [2.05, 4.69) is 35.8 Å². The Morgan fingerprint density at radius 3 is 3.00 bits per heavy atom. The molecule has 2 rings (SSSR count). The molecule has 2 atom stereocenters. The first-order valence-corrected chi connectivity index (χ1v) is 9.45. The molecule has 0 spiro atoms. The minimum Gasteiger partial charge on any atom is -0.381 e. The van der Waals surface area contributed by atoms with Gasteiger partial charge in [0.2, 0.25) is 0 Å². The lowest BCUT2D eigenvalue weighted by Crippen LogP contribution is -2.51. The Balaban J connectivity index is 1.88. The molecule has 2 aliphatic rings. The number of nitrogens with zero attached hydrogens (tertiary/aromatic N) is 1. The van der Waals surface area contributed by atoms with Gasteiger partial charge in [0.15, 0.2) is 0 Å². The van der Waals surface area contributed by atoms with Crippen LogP contribution in [0.2, 0.25) is 0 Å². The zero-order valence-electron chi connectivity index (χ0n) is 13.3. The number of hydrogen-bond donors (Lipinski definition) is 1. The molecule has 1 N–H and O–H groups in total. The van der Waals surface area contributed by atoms with Crippen LogP contribution < -0.4 is 5.32 Å². The van der Waals surface area contributed by atoms with Gasteiger partial charge in [0.1, 0.15) is 0 Å². The molecule has 2 unspecified atom stereocenters. The lowest BCUT2D eigenvalue weighted by molar-refractivity contribution is -0.0257. The molecule has 4 heteroatoms. The average molecular weight is 301 g/mol. The van der Waals surface area contributed by atoms with Crippen LogP contribution in [-0.4, -0.2) is 61.8 Å². The van der Waals surface area contributed by atoms with Crippen LogP contribution in [0.3, 0.4) is 0 Å². The molecule has 0 aromatic rings. The molecule has 0 aromatic heterocycles. The fourth-order valence-corrected chi connectivity index (χ4v) is 4.65. The molecule has 0 radical (unpaired) electrons. The van der Waals surface area contributed by atoms with Gasteiger partial charge in [-0.1, -0.05) is 13.8 Å². The fourth-order valence-electron chi connectivity index (χ4n) is 3.41. The lowest BCUT2D eigenvalue weighted by atomic mass is 9.81. The first-order valence-electron chi connectivity index (χ1n) is 8.40. The van der Waals surface area contributed by atoms with Gasteiger partial charge in [-0.05, 0) is 32.2 Å². The summed E-state index contributed by atoms with van der Waals surface area (Å²) in [6, 6.07) is 0. The summed E-state index contributed by atoms with van der Waals surface area (Å²) in [6.07, 6.45) is 5.08. The number of hydrogen-bond acceptors (Lipinski definition) is 4. The molecule has 0 bridgehead atoms. The monoisotopic (exact) mass is 300 g/mol. The van der Waals surface area contributed by atoms with E-state index in [1.54, 1.807) is 0 Å². The Hall–Kier alpha value is 0.230. The van der Waals surface area contributed by atoms with Gasteiger partial charge in [0, 0.05) is 49.2 Å². The average Bonchev–Trinajstić information content (AvgIpc) is 2.48. The zero-order chi connectivity index (χ0) is 14.3. The predicted octanol–water partition coefficient (Wildman–Crippen LogP) is 2.61. The summed E-state index contributed by atoms with van der Waals surface area (Å²) in [5, 5.41) is 4.49. The summed E-state index contributed by atoms with van der Waals surface area (Å²) in [5.74, 6) is 1.30. The first-order chi connectivity index (χ1) is 9.78. The normalized spacial score (nSPS) is 32.4. The number of thioether (sulfide) groups is 1. The van der Waals surface area contributed by atoms with Crippen LogP contribution in [0.25, 0.3) is 0 Å². The third-order valence-corrected chi connectivity index (χ3v) is 5.94. The van der Waals surface area contributed by atoms with E-state index in [4.69, 9.17) is 4.74 Å². The van der Waals surface area contributed by atoms with Gasteiger partial charge in [-0.15, -0.1) is 0 Å². The highest BCUT2D eigenvalue weighted by Gasteiger charge is 2.35. The van der Waals surface area contributed by atoms with Crippen LogP contribution in [0.4, 0.5) is 0 Å². The first kappa shape index (κ1) is 16.6. The highest BCUT2D eigenvalue weighted by molar-refractivity contribution is 8.00.